The average Bonchev–Trinajstić information content (AvgIpc) is 2.43. The number of amides is 4. The Kier molecular flexibility index (Phi) is 6.08. The van der Waals surface area contributed by atoms with Crippen molar-refractivity contribution in [1.29, 1.82) is 0 Å². The van der Waals surface area contributed by atoms with Crippen LogP contribution in [0.25, 0.3) is 0 Å². The van der Waals surface area contributed by atoms with Crippen LogP contribution in [0.5, 0.6) is 0 Å². The molecule has 0 bridgehead atoms. The molecule has 0 aromatic rings. The molecule has 1 saturated heterocycles. The zero-order valence-electron chi connectivity index (χ0n) is 11.9. The zero-order valence-corrected chi connectivity index (χ0v) is 11.9. The van der Waals surface area contributed by atoms with Crippen molar-refractivity contribution in [2.75, 3.05) is 40.3 Å². The van der Waals surface area contributed by atoms with Crippen LogP contribution in [-0.2, 0) is 4.79 Å². The van der Waals surface area contributed by atoms with Crippen LogP contribution in [0.3, 0.4) is 0 Å². The van der Waals surface area contributed by atoms with Gasteiger partial charge in [0.05, 0.1) is 5.92 Å². The van der Waals surface area contributed by atoms with Crippen LogP contribution in [0.2, 0.25) is 0 Å². The van der Waals surface area contributed by atoms with E-state index in [0.717, 1.165) is 0 Å². The number of carbonyl (C=O) groups is 3. The number of aliphatic carboxylic acids is 1. The maximum Gasteiger partial charge on any atom is 0.317 e. The van der Waals surface area contributed by atoms with E-state index in [2.05, 4.69) is 10.6 Å². The van der Waals surface area contributed by atoms with E-state index in [-0.39, 0.29) is 18.0 Å². The van der Waals surface area contributed by atoms with Crippen LogP contribution in [-0.4, -0.2) is 73.2 Å². The van der Waals surface area contributed by atoms with E-state index in [4.69, 9.17) is 5.11 Å². The molecular formula is C12H22N4O4. The van der Waals surface area contributed by atoms with Gasteiger partial charge in [-0.25, -0.2) is 9.59 Å². The molecule has 0 aromatic carbocycles. The number of carbonyl (C=O) groups excluding carboxylic acids is 2. The number of likely N-dealkylation sites (tertiary alicyclic amines) is 1. The van der Waals surface area contributed by atoms with Gasteiger partial charge >= 0.3 is 18.0 Å². The first-order valence-corrected chi connectivity index (χ1v) is 6.62. The Morgan fingerprint density at radius 2 is 1.70 bits per heavy atom. The van der Waals surface area contributed by atoms with Crippen LogP contribution in [0.15, 0.2) is 0 Å². The van der Waals surface area contributed by atoms with Crippen molar-refractivity contribution in [3.8, 4) is 0 Å². The molecule has 1 aliphatic heterocycles. The summed E-state index contributed by atoms with van der Waals surface area (Å²) >= 11 is 0. The van der Waals surface area contributed by atoms with Gasteiger partial charge in [0.1, 0.15) is 0 Å². The predicted octanol–water partition coefficient (Wildman–Crippen LogP) is -0.236. The highest BCUT2D eigenvalue weighted by Crippen LogP contribution is 2.16. The third-order valence-electron chi connectivity index (χ3n) is 3.22. The molecule has 8 nitrogen and oxygen atoms in total. The third kappa shape index (κ3) is 4.94. The van der Waals surface area contributed by atoms with Crippen LogP contribution in [0.4, 0.5) is 9.59 Å². The monoisotopic (exact) mass is 286 g/mol. The summed E-state index contributed by atoms with van der Waals surface area (Å²) in [4.78, 5) is 36.8. The number of hydrogen-bond acceptors (Lipinski definition) is 3. The average molecular weight is 286 g/mol. The van der Waals surface area contributed by atoms with Crippen molar-refractivity contribution in [2.24, 2.45) is 5.92 Å². The van der Waals surface area contributed by atoms with Crippen LogP contribution in [0.1, 0.15) is 12.8 Å². The van der Waals surface area contributed by atoms with Gasteiger partial charge in [-0.15, -0.1) is 0 Å². The van der Waals surface area contributed by atoms with Gasteiger partial charge in [0.2, 0.25) is 0 Å². The number of urea groups is 2. The predicted molar refractivity (Wildman–Crippen MR) is 72.4 cm³/mol. The maximum atomic E-state index is 11.8. The molecule has 1 heterocycles. The van der Waals surface area contributed by atoms with E-state index < -0.39 is 5.97 Å². The van der Waals surface area contributed by atoms with Crippen molar-refractivity contribution < 1.29 is 19.5 Å². The second kappa shape index (κ2) is 7.56. The van der Waals surface area contributed by atoms with Crippen LogP contribution < -0.4 is 10.6 Å². The minimum absolute atomic E-state index is 0.207. The highest BCUT2D eigenvalue weighted by Gasteiger charge is 2.26. The Morgan fingerprint density at radius 1 is 1.15 bits per heavy atom. The lowest BCUT2D eigenvalue weighted by Gasteiger charge is -2.30. The second-order valence-corrected chi connectivity index (χ2v) is 4.96. The summed E-state index contributed by atoms with van der Waals surface area (Å²) in [6.45, 7) is 1.60. The minimum Gasteiger partial charge on any atom is -0.481 e. The fourth-order valence-electron chi connectivity index (χ4n) is 1.94. The van der Waals surface area contributed by atoms with Crippen LogP contribution >= 0.6 is 0 Å². The Bertz CT molecular complexity index is 364. The number of piperidine rings is 1. The SMILES string of the molecule is CN(C)C(=O)NCCNC(=O)N1CCC(C(=O)O)CC1. The molecule has 0 unspecified atom stereocenters. The van der Waals surface area contributed by atoms with Crippen LogP contribution in [0, 0.1) is 5.92 Å². The quantitative estimate of drug-likeness (QED) is 0.621. The fourth-order valence-corrected chi connectivity index (χ4v) is 1.94. The summed E-state index contributed by atoms with van der Waals surface area (Å²) in [7, 11) is 3.28. The van der Waals surface area contributed by atoms with Gasteiger partial charge in [-0.05, 0) is 12.8 Å². The first kappa shape index (κ1) is 16.1. The molecule has 0 saturated carbocycles. The van der Waals surface area contributed by atoms with Crippen molar-refractivity contribution in [3.05, 3.63) is 0 Å². The molecule has 1 rings (SSSR count). The van der Waals surface area contributed by atoms with Gasteiger partial charge in [0.15, 0.2) is 0 Å². The molecule has 0 spiro atoms. The molecule has 0 aliphatic carbocycles. The maximum absolute atomic E-state index is 11.8. The normalized spacial score (nSPS) is 15.6. The van der Waals surface area contributed by atoms with E-state index in [9.17, 15) is 14.4 Å². The number of carboxylic acids is 1. The molecule has 4 amide bonds. The smallest absolute Gasteiger partial charge is 0.317 e. The lowest BCUT2D eigenvalue weighted by Crippen LogP contribution is -2.47. The van der Waals surface area contributed by atoms with E-state index in [1.54, 1.807) is 19.0 Å². The second-order valence-electron chi connectivity index (χ2n) is 4.96. The van der Waals surface area contributed by atoms with Gasteiger partial charge < -0.3 is 25.5 Å². The number of carboxylic acid groups (broad SMARTS) is 1. The minimum atomic E-state index is -0.795. The van der Waals surface area contributed by atoms with Crippen molar-refractivity contribution in [3.63, 3.8) is 0 Å². The van der Waals surface area contributed by atoms with E-state index in [0.29, 0.717) is 39.0 Å². The highest BCUT2D eigenvalue weighted by molar-refractivity contribution is 5.76. The Morgan fingerprint density at radius 3 is 2.20 bits per heavy atom. The van der Waals surface area contributed by atoms with E-state index in [1.165, 1.54) is 4.90 Å². The molecule has 1 fully saturated rings. The molecule has 3 N–H and O–H groups in total. The van der Waals surface area contributed by atoms with Crippen molar-refractivity contribution >= 4 is 18.0 Å². The first-order chi connectivity index (χ1) is 9.41. The molecule has 8 heteroatoms. The molecule has 0 aromatic heterocycles. The molecular weight excluding hydrogens is 264 g/mol. The first-order valence-electron chi connectivity index (χ1n) is 6.62. The molecule has 0 radical (unpaired) electrons. The molecule has 1 aliphatic rings. The summed E-state index contributed by atoms with van der Waals surface area (Å²) in [5.41, 5.74) is 0. The third-order valence-corrected chi connectivity index (χ3v) is 3.22. The summed E-state index contributed by atoms with van der Waals surface area (Å²) in [5, 5.41) is 14.2. The number of rotatable bonds is 4. The Hall–Kier alpha value is -1.99. The number of nitrogens with zero attached hydrogens (tertiary/aromatic N) is 2. The van der Waals surface area contributed by atoms with E-state index >= 15 is 0 Å². The topological polar surface area (TPSA) is 102 Å². The largest absolute Gasteiger partial charge is 0.481 e. The van der Waals surface area contributed by atoms with Gasteiger partial charge in [-0.1, -0.05) is 0 Å². The molecule has 0 atom stereocenters. The zero-order chi connectivity index (χ0) is 15.1. The summed E-state index contributed by atoms with van der Waals surface area (Å²) in [6, 6.07) is -0.422. The Labute approximate surface area is 118 Å². The van der Waals surface area contributed by atoms with Gasteiger partial charge in [0, 0.05) is 40.3 Å². The standard InChI is InChI=1S/C12H22N4O4/c1-15(2)11(19)13-5-6-14-12(20)16-7-3-9(4-8-16)10(17)18/h9H,3-8H2,1-2H3,(H,13,19)(H,14,20)(H,17,18). The van der Waals surface area contributed by atoms with Gasteiger partial charge in [-0.2, -0.15) is 0 Å². The van der Waals surface area contributed by atoms with Gasteiger partial charge in [0.25, 0.3) is 0 Å². The van der Waals surface area contributed by atoms with Crippen molar-refractivity contribution in [2.45, 2.75) is 12.8 Å². The summed E-state index contributed by atoms with van der Waals surface area (Å²) < 4.78 is 0. The number of nitrogens with one attached hydrogen (secondary N) is 2. The highest BCUT2D eigenvalue weighted by atomic mass is 16.4. The van der Waals surface area contributed by atoms with E-state index in [1.807, 2.05) is 0 Å². The van der Waals surface area contributed by atoms with Crippen molar-refractivity contribution in [1.82, 2.24) is 20.4 Å². The lowest BCUT2D eigenvalue weighted by molar-refractivity contribution is -0.143. The molecule has 114 valence electrons. The number of hydrogen-bond donors (Lipinski definition) is 3. The summed E-state index contributed by atoms with van der Waals surface area (Å²) in [5.74, 6) is -1.14. The summed E-state index contributed by atoms with van der Waals surface area (Å²) in [6.07, 6.45) is 0.972. The van der Waals surface area contributed by atoms with Gasteiger partial charge in [-0.3, -0.25) is 4.79 Å². The Balaban J connectivity index is 2.18. The lowest BCUT2D eigenvalue weighted by atomic mass is 9.97. The fraction of sp³-hybridized carbons (Fsp3) is 0.750. The molecule has 20 heavy (non-hydrogen) atoms.